The Labute approximate surface area is 124 Å². The molecule has 0 aliphatic carbocycles. The summed E-state index contributed by atoms with van der Waals surface area (Å²) in [6.07, 6.45) is 4.17. The summed E-state index contributed by atoms with van der Waals surface area (Å²) in [6.45, 7) is 5.69. The van der Waals surface area contributed by atoms with E-state index in [4.69, 9.17) is 0 Å². The molecular weight excluding hydrogens is 290 g/mol. The molecule has 2 heterocycles. The summed E-state index contributed by atoms with van der Waals surface area (Å²) in [5.41, 5.74) is 2.54. The van der Waals surface area contributed by atoms with Crippen LogP contribution in [-0.2, 0) is 23.1 Å². The number of aromatic amines is 2. The minimum atomic E-state index is -3.51. The zero-order chi connectivity index (χ0) is 15.3. The Morgan fingerprint density at radius 3 is 2.81 bits per heavy atom. The van der Waals surface area contributed by atoms with Crippen LogP contribution in [0.15, 0.2) is 23.4 Å². The van der Waals surface area contributed by atoms with Crippen molar-refractivity contribution < 1.29 is 8.42 Å². The van der Waals surface area contributed by atoms with E-state index in [-0.39, 0.29) is 11.4 Å². The Morgan fingerprint density at radius 1 is 1.33 bits per heavy atom. The fourth-order valence-corrected chi connectivity index (χ4v) is 2.91. The van der Waals surface area contributed by atoms with Gasteiger partial charge in [-0.25, -0.2) is 13.1 Å². The largest absolute Gasteiger partial charge is 0.363 e. The van der Waals surface area contributed by atoms with Gasteiger partial charge < -0.3 is 10.3 Å². The smallest absolute Gasteiger partial charge is 0.242 e. The Hall–Kier alpha value is -1.64. The summed E-state index contributed by atoms with van der Waals surface area (Å²) in [6, 6.07) is 1.65. The summed E-state index contributed by atoms with van der Waals surface area (Å²) in [5.74, 6) is 0. The summed E-state index contributed by atoms with van der Waals surface area (Å²) < 4.78 is 27.0. The van der Waals surface area contributed by atoms with Crippen LogP contribution in [0.4, 0.5) is 0 Å². The van der Waals surface area contributed by atoms with Gasteiger partial charge in [-0.3, -0.25) is 5.10 Å². The minimum absolute atomic E-state index is 0.221. The molecule has 0 saturated carbocycles. The maximum atomic E-state index is 12.2. The third kappa shape index (κ3) is 4.16. The lowest BCUT2D eigenvalue weighted by atomic mass is 10.3. The average molecular weight is 311 g/mol. The SMILES string of the molecule is CCCNCc1cc(S(=O)(=O)NCc2cn[nH]c2C)c[nH]1. The van der Waals surface area contributed by atoms with Crippen LogP contribution in [0.1, 0.15) is 30.3 Å². The molecule has 0 atom stereocenters. The Kier molecular flexibility index (Phi) is 5.16. The molecule has 0 aliphatic rings. The number of aryl methyl sites for hydroxylation is 1. The van der Waals surface area contributed by atoms with Gasteiger partial charge in [-0.15, -0.1) is 0 Å². The van der Waals surface area contributed by atoms with Crippen molar-refractivity contribution in [3.63, 3.8) is 0 Å². The van der Waals surface area contributed by atoms with Crippen LogP contribution in [0, 0.1) is 6.92 Å². The van der Waals surface area contributed by atoms with Crippen molar-refractivity contribution in [2.24, 2.45) is 0 Å². The number of hydrogen-bond donors (Lipinski definition) is 4. The van der Waals surface area contributed by atoms with Gasteiger partial charge in [0.25, 0.3) is 0 Å². The quantitative estimate of drug-likeness (QED) is 0.547. The second kappa shape index (κ2) is 6.88. The normalized spacial score (nSPS) is 11.9. The summed E-state index contributed by atoms with van der Waals surface area (Å²) in [4.78, 5) is 3.22. The maximum absolute atomic E-state index is 12.2. The van der Waals surface area contributed by atoms with Gasteiger partial charge in [0.15, 0.2) is 0 Å². The van der Waals surface area contributed by atoms with Gasteiger partial charge in [0.2, 0.25) is 10.0 Å². The molecule has 116 valence electrons. The minimum Gasteiger partial charge on any atom is -0.363 e. The summed E-state index contributed by atoms with van der Waals surface area (Å²) >= 11 is 0. The van der Waals surface area contributed by atoms with Crippen molar-refractivity contribution in [2.75, 3.05) is 6.54 Å². The monoisotopic (exact) mass is 311 g/mol. The molecule has 0 amide bonds. The van der Waals surface area contributed by atoms with E-state index < -0.39 is 10.0 Å². The highest BCUT2D eigenvalue weighted by atomic mass is 32.2. The number of rotatable bonds is 8. The Morgan fingerprint density at radius 2 is 2.14 bits per heavy atom. The highest BCUT2D eigenvalue weighted by Gasteiger charge is 2.16. The number of hydrogen-bond acceptors (Lipinski definition) is 4. The van der Waals surface area contributed by atoms with Crippen LogP contribution in [0.3, 0.4) is 0 Å². The molecule has 0 radical (unpaired) electrons. The van der Waals surface area contributed by atoms with E-state index in [1.807, 2.05) is 6.92 Å². The molecule has 21 heavy (non-hydrogen) atoms. The molecule has 2 aromatic rings. The lowest BCUT2D eigenvalue weighted by Gasteiger charge is -2.04. The number of aromatic nitrogens is 3. The molecule has 0 fully saturated rings. The van der Waals surface area contributed by atoms with Crippen molar-refractivity contribution in [3.05, 3.63) is 35.4 Å². The number of nitrogens with one attached hydrogen (secondary N) is 4. The summed E-state index contributed by atoms with van der Waals surface area (Å²) in [7, 11) is -3.51. The molecule has 0 spiro atoms. The maximum Gasteiger partial charge on any atom is 0.242 e. The van der Waals surface area contributed by atoms with Gasteiger partial charge in [-0.2, -0.15) is 5.10 Å². The highest BCUT2D eigenvalue weighted by molar-refractivity contribution is 7.89. The van der Waals surface area contributed by atoms with Crippen molar-refractivity contribution in [1.82, 2.24) is 25.2 Å². The van der Waals surface area contributed by atoms with Crippen LogP contribution in [0.2, 0.25) is 0 Å². The molecule has 4 N–H and O–H groups in total. The van der Waals surface area contributed by atoms with Crippen LogP contribution >= 0.6 is 0 Å². The molecule has 0 unspecified atom stereocenters. The lowest BCUT2D eigenvalue weighted by molar-refractivity contribution is 0.581. The van der Waals surface area contributed by atoms with Crippen molar-refractivity contribution >= 4 is 10.0 Å². The Bertz CT molecular complexity index is 674. The van der Waals surface area contributed by atoms with Crippen molar-refractivity contribution in [3.8, 4) is 0 Å². The van der Waals surface area contributed by atoms with Gasteiger partial charge in [0, 0.05) is 36.2 Å². The fourth-order valence-electron chi connectivity index (χ4n) is 1.89. The fraction of sp³-hybridized carbons (Fsp3) is 0.462. The zero-order valence-electron chi connectivity index (χ0n) is 12.2. The molecule has 2 aromatic heterocycles. The standard InChI is InChI=1S/C13H21N5O2S/c1-3-4-14-8-12-5-13(9-15-12)21(19,20)17-7-11-6-16-18-10(11)2/h5-6,9,14-15,17H,3-4,7-8H2,1-2H3,(H,16,18). The van der Waals surface area contributed by atoms with Gasteiger partial charge in [0.1, 0.15) is 0 Å². The van der Waals surface area contributed by atoms with Crippen LogP contribution in [0.25, 0.3) is 0 Å². The number of H-pyrrole nitrogens is 2. The van der Waals surface area contributed by atoms with Crippen molar-refractivity contribution in [1.29, 1.82) is 0 Å². The number of nitrogens with zero attached hydrogens (tertiary/aromatic N) is 1. The predicted octanol–water partition coefficient (Wildman–Crippen LogP) is 1.02. The highest BCUT2D eigenvalue weighted by Crippen LogP contribution is 2.12. The van der Waals surface area contributed by atoms with Gasteiger partial charge in [-0.05, 0) is 26.0 Å². The van der Waals surface area contributed by atoms with Crippen LogP contribution in [-0.4, -0.2) is 30.1 Å². The molecule has 0 aliphatic heterocycles. The topological polar surface area (TPSA) is 103 Å². The van der Waals surface area contributed by atoms with Gasteiger partial charge in [0.05, 0.1) is 11.1 Å². The third-order valence-electron chi connectivity index (χ3n) is 3.16. The second-order valence-electron chi connectivity index (χ2n) is 4.88. The number of sulfonamides is 1. The van der Waals surface area contributed by atoms with Crippen molar-refractivity contribution in [2.45, 2.75) is 38.3 Å². The molecule has 7 nitrogen and oxygen atoms in total. The zero-order valence-corrected chi connectivity index (χ0v) is 13.0. The van der Waals surface area contributed by atoms with E-state index in [9.17, 15) is 8.42 Å². The lowest BCUT2D eigenvalue weighted by Crippen LogP contribution is -2.23. The van der Waals surface area contributed by atoms with E-state index in [2.05, 4.69) is 32.1 Å². The molecule has 0 saturated heterocycles. The molecule has 0 aromatic carbocycles. The van der Waals surface area contributed by atoms with E-state index in [1.54, 1.807) is 12.3 Å². The first kappa shape index (κ1) is 15.7. The summed E-state index contributed by atoms with van der Waals surface area (Å²) in [5, 5.41) is 9.86. The average Bonchev–Trinajstić information content (AvgIpc) is 3.06. The van der Waals surface area contributed by atoms with Gasteiger partial charge in [-0.1, -0.05) is 6.92 Å². The van der Waals surface area contributed by atoms with Crippen LogP contribution in [0.5, 0.6) is 0 Å². The second-order valence-corrected chi connectivity index (χ2v) is 6.65. The third-order valence-corrected chi connectivity index (χ3v) is 4.54. The van der Waals surface area contributed by atoms with E-state index >= 15 is 0 Å². The molecule has 2 rings (SSSR count). The predicted molar refractivity (Wildman–Crippen MR) is 80.1 cm³/mol. The van der Waals surface area contributed by atoms with Gasteiger partial charge >= 0.3 is 0 Å². The molecule has 0 bridgehead atoms. The van der Waals surface area contributed by atoms with E-state index in [0.717, 1.165) is 29.9 Å². The van der Waals surface area contributed by atoms with E-state index in [0.29, 0.717) is 6.54 Å². The van der Waals surface area contributed by atoms with Crippen LogP contribution < -0.4 is 10.0 Å². The first-order valence-electron chi connectivity index (χ1n) is 6.89. The first-order valence-corrected chi connectivity index (χ1v) is 8.37. The first-order chi connectivity index (χ1) is 10.0. The van der Waals surface area contributed by atoms with E-state index in [1.165, 1.54) is 6.20 Å². The molecular formula is C13H21N5O2S. The Balaban J connectivity index is 1.97. The molecule has 8 heteroatoms.